The minimum atomic E-state index is -3.46. The fraction of sp³-hybridized carbons (Fsp3) is 0. The molecule has 1 aliphatic rings. The van der Waals surface area contributed by atoms with Gasteiger partial charge in [0.05, 0.1) is 27.7 Å². The molecule has 0 bridgehead atoms. The van der Waals surface area contributed by atoms with Crippen LogP contribution in [-0.2, 0) is 4.57 Å². The molecular formula is C54H34N3OPS2. The van der Waals surface area contributed by atoms with Crippen LogP contribution in [0, 0.1) is 0 Å². The van der Waals surface area contributed by atoms with Crippen LogP contribution in [0.2, 0.25) is 0 Å². The van der Waals surface area contributed by atoms with Crippen LogP contribution in [0.25, 0.3) is 79.0 Å². The van der Waals surface area contributed by atoms with E-state index in [2.05, 4.69) is 153 Å². The van der Waals surface area contributed by atoms with Crippen molar-refractivity contribution in [3.05, 3.63) is 206 Å². The van der Waals surface area contributed by atoms with Crippen LogP contribution in [0.15, 0.2) is 206 Å². The molecule has 4 nitrogen and oxygen atoms in total. The number of benzene rings is 9. The molecule has 0 saturated carbocycles. The summed E-state index contributed by atoms with van der Waals surface area (Å²) in [4.78, 5) is 0. The largest absolute Gasteiger partial charge is 0.309 e. The number of para-hydroxylation sites is 3. The molecule has 13 rings (SSSR count). The van der Waals surface area contributed by atoms with Gasteiger partial charge in [-0.3, -0.25) is 13.9 Å². The van der Waals surface area contributed by atoms with Crippen molar-refractivity contribution in [3.8, 4) is 16.8 Å². The first-order valence-corrected chi connectivity index (χ1v) is 23.7. The summed E-state index contributed by atoms with van der Waals surface area (Å²) in [5.41, 5.74) is 9.37. The second-order valence-electron chi connectivity index (χ2n) is 15.7. The summed E-state index contributed by atoms with van der Waals surface area (Å²) in [6.07, 6.45) is 0. The SMILES string of the molecule is O=P1(c2ccccc2)N(c2ccccc2)c2ccc(-c3ccc4sc5ccc(-n6c7ccccc7c7cc8c(cc76)sc6ccccc68)cc5c4c3)cc2N1c1ccccc1. The Morgan fingerprint density at radius 1 is 0.344 bits per heavy atom. The summed E-state index contributed by atoms with van der Waals surface area (Å²) in [7, 11) is -3.46. The highest BCUT2D eigenvalue weighted by molar-refractivity contribution is 7.76. The van der Waals surface area contributed by atoms with Crippen LogP contribution in [0.1, 0.15) is 0 Å². The van der Waals surface area contributed by atoms with Crippen LogP contribution in [0.3, 0.4) is 0 Å². The number of hydrogen-bond acceptors (Lipinski definition) is 3. The molecule has 0 fully saturated rings. The molecule has 1 aliphatic heterocycles. The van der Waals surface area contributed by atoms with E-state index in [0.29, 0.717) is 0 Å². The highest BCUT2D eigenvalue weighted by Gasteiger charge is 2.49. The molecule has 1 atom stereocenters. The van der Waals surface area contributed by atoms with E-state index in [1.807, 2.05) is 89.4 Å². The fourth-order valence-corrected chi connectivity index (χ4v) is 14.8. The standard InChI is InChI=1S/C54H34N3OPS2/c58-59(40-18-8-3-9-19-40)56(37-14-4-1-5-15-37)48-27-24-36(31-50(48)57(59)38-16-6-2-7-17-38)35-25-28-52-44(30-35)45-32-39(26-29-53(45)60-52)55-47-22-12-10-20-41(47)43-33-46-42-21-11-13-23-51(42)61-54(46)34-49(43)55/h1-34H. The summed E-state index contributed by atoms with van der Waals surface area (Å²) in [5.74, 6) is 0. The number of nitrogens with zero attached hydrogens (tertiary/aromatic N) is 3. The van der Waals surface area contributed by atoms with Crippen LogP contribution in [-0.4, -0.2) is 4.57 Å². The molecular weight excluding hydrogens is 802 g/mol. The Labute approximate surface area is 359 Å². The normalized spacial score (nSPS) is 15.3. The predicted octanol–water partition coefficient (Wildman–Crippen LogP) is 16.0. The van der Waals surface area contributed by atoms with Gasteiger partial charge in [0.2, 0.25) is 0 Å². The lowest BCUT2D eigenvalue weighted by Crippen LogP contribution is -2.26. The molecule has 288 valence electrons. The maximum Gasteiger partial charge on any atom is 0.301 e. The topological polar surface area (TPSA) is 28.5 Å². The molecule has 7 heteroatoms. The van der Waals surface area contributed by atoms with E-state index in [9.17, 15) is 0 Å². The minimum Gasteiger partial charge on any atom is -0.309 e. The first-order chi connectivity index (χ1) is 30.1. The highest BCUT2D eigenvalue weighted by atomic mass is 32.1. The van der Waals surface area contributed by atoms with Crippen LogP contribution in [0.5, 0.6) is 0 Å². The Morgan fingerprint density at radius 2 is 0.902 bits per heavy atom. The average Bonchev–Trinajstić information content (AvgIpc) is 4.04. The number of thiophene rings is 2. The van der Waals surface area contributed by atoms with Gasteiger partial charge in [0.1, 0.15) is 0 Å². The third-order valence-electron chi connectivity index (χ3n) is 12.3. The summed E-state index contributed by atoms with van der Waals surface area (Å²) in [6, 6.07) is 72.9. The van der Waals surface area contributed by atoms with Crippen LogP contribution < -0.4 is 14.6 Å². The number of aromatic nitrogens is 1. The summed E-state index contributed by atoms with van der Waals surface area (Å²) >= 11 is 3.70. The molecule has 0 amide bonds. The van der Waals surface area contributed by atoms with Gasteiger partial charge in [0, 0.05) is 68.2 Å². The molecule has 0 aliphatic carbocycles. The van der Waals surface area contributed by atoms with Crippen molar-refractivity contribution < 1.29 is 4.57 Å². The van der Waals surface area contributed by atoms with Gasteiger partial charge in [-0.2, -0.15) is 0 Å². The van der Waals surface area contributed by atoms with Crippen molar-refractivity contribution in [2.75, 3.05) is 9.34 Å². The minimum absolute atomic E-state index is 0.777. The van der Waals surface area contributed by atoms with Crippen molar-refractivity contribution in [2.45, 2.75) is 0 Å². The Balaban J connectivity index is 0.987. The number of anilines is 4. The quantitative estimate of drug-likeness (QED) is 0.162. The van der Waals surface area contributed by atoms with Crippen LogP contribution >= 0.6 is 30.1 Å². The van der Waals surface area contributed by atoms with Gasteiger partial charge in [0.15, 0.2) is 0 Å². The van der Waals surface area contributed by atoms with Crippen molar-refractivity contribution >= 4 is 120 Å². The van der Waals surface area contributed by atoms with Gasteiger partial charge in [-0.05, 0) is 114 Å². The van der Waals surface area contributed by atoms with E-state index in [-0.39, 0.29) is 0 Å². The van der Waals surface area contributed by atoms with E-state index in [0.717, 1.165) is 44.9 Å². The van der Waals surface area contributed by atoms with Crippen molar-refractivity contribution in [1.29, 1.82) is 0 Å². The molecule has 9 aromatic carbocycles. The molecule has 0 N–H and O–H groups in total. The first-order valence-electron chi connectivity index (χ1n) is 20.4. The second kappa shape index (κ2) is 13.3. The smallest absolute Gasteiger partial charge is 0.301 e. The Hall–Kier alpha value is -6.95. The first kappa shape index (κ1) is 34.9. The zero-order valence-electron chi connectivity index (χ0n) is 32.6. The van der Waals surface area contributed by atoms with E-state index in [1.54, 1.807) is 0 Å². The predicted molar refractivity (Wildman–Crippen MR) is 263 cm³/mol. The van der Waals surface area contributed by atoms with Gasteiger partial charge in [-0.1, -0.05) is 103 Å². The van der Waals surface area contributed by atoms with Crippen molar-refractivity contribution in [3.63, 3.8) is 0 Å². The van der Waals surface area contributed by atoms with E-state index in [4.69, 9.17) is 0 Å². The molecule has 4 heterocycles. The lowest BCUT2D eigenvalue weighted by Gasteiger charge is -2.33. The Morgan fingerprint density at radius 3 is 1.67 bits per heavy atom. The Kier molecular flexibility index (Phi) is 7.59. The van der Waals surface area contributed by atoms with Gasteiger partial charge in [-0.25, -0.2) is 0 Å². The number of hydrogen-bond donors (Lipinski definition) is 0. The second-order valence-corrected chi connectivity index (χ2v) is 20.3. The maximum atomic E-state index is 16.1. The summed E-state index contributed by atoms with van der Waals surface area (Å²) in [6.45, 7) is 0. The number of fused-ring (bicyclic) bond motifs is 10. The molecule has 1 unspecified atom stereocenters. The monoisotopic (exact) mass is 835 g/mol. The molecule has 3 aromatic heterocycles. The van der Waals surface area contributed by atoms with Crippen LogP contribution in [0.4, 0.5) is 22.7 Å². The van der Waals surface area contributed by atoms with E-state index in [1.165, 1.54) is 62.2 Å². The van der Waals surface area contributed by atoms with Gasteiger partial charge in [-0.15, -0.1) is 22.7 Å². The van der Waals surface area contributed by atoms with Gasteiger partial charge < -0.3 is 4.57 Å². The summed E-state index contributed by atoms with van der Waals surface area (Å²) in [5, 5.41) is 8.41. The third-order valence-corrected chi connectivity index (χ3v) is 17.5. The number of rotatable bonds is 5. The van der Waals surface area contributed by atoms with Gasteiger partial charge >= 0.3 is 7.44 Å². The molecule has 0 radical (unpaired) electrons. The third kappa shape index (κ3) is 5.14. The molecule has 0 saturated heterocycles. The average molecular weight is 836 g/mol. The van der Waals surface area contributed by atoms with E-state index >= 15 is 4.57 Å². The zero-order chi connectivity index (χ0) is 40.2. The van der Waals surface area contributed by atoms with Gasteiger partial charge in [0.25, 0.3) is 0 Å². The summed E-state index contributed by atoms with van der Waals surface area (Å²) < 4.78 is 27.8. The van der Waals surface area contributed by atoms with Crippen molar-refractivity contribution in [1.82, 2.24) is 4.57 Å². The zero-order valence-corrected chi connectivity index (χ0v) is 35.2. The fourth-order valence-electron chi connectivity index (χ4n) is 9.57. The highest BCUT2D eigenvalue weighted by Crippen LogP contribution is 2.70. The van der Waals surface area contributed by atoms with E-state index < -0.39 is 7.44 Å². The molecule has 12 aromatic rings. The Bertz CT molecular complexity index is 3760. The maximum absolute atomic E-state index is 16.1. The lowest BCUT2D eigenvalue weighted by molar-refractivity contribution is 0.582. The van der Waals surface area contributed by atoms with Crippen molar-refractivity contribution in [2.24, 2.45) is 0 Å². The lowest BCUT2D eigenvalue weighted by atomic mass is 10.0. The molecule has 0 spiro atoms. The molecule has 61 heavy (non-hydrogen) atoms.